The average molecular weight is 420 g/mol. The molecule has 1 aromatic heterocycles. The third-order valence-electron chi connectivity index (χ3n) is 4.80. The fraction of sp³-hybridized carbons (Fsp3) is 0.167. The summed E-state index contributed by atoms with van der Waals surface area (Å²) in [6.07, 6.45) is 0.607. The number of hydrogen-bond donors (Lipinski definition) is 1. The van der Waals surface area contributed by atoms with Crippen LogP contribution in [0.2, 0.25) is 5.02 Å². The van der Waals surface area contributed by atoms with Gasteiger partial charge in [0.25, 0.3) is 5.91 Å². The van der Waals surface area contributed by atoms with Crippen LogP contribution in [-0.2, 0) is 17.8 Å². The molecule has 1 amide bonds. The van der Waals surface area contributed by atoms with Crippen molar-refractivity contribution in [1.29, 1.82) is 0 Å². The van der Waals surface area contributed by atoms with Crippen LogP contribution >= 0.6 is 11.6 Å². The van der Waals surface area contributed by atoms with E-state index in [4.69, 9.17) is 21.3 Å². The van der Waals surface area contributed by atoms with E-state index in [0.29, 0.717) is 25.3 Å². The van der Waals surface area contributed by atoms with E-state index in [1.807, 2.05) is 72.8 Å². The van der Waals surface area contributed by atoms with E-state index in [1.54, 1.807) is 0 Å². The smallest absolute Gasteiger partial charge is 0.257 e. The number of carbonyl (C=O) groups is 1. The fourth-order valence-corrected chi connectivity index (χ4v) is 3.52. The molecule has 0 aliphatic carbocycles. The molecule has 6 heteroatoms. The summed E-state index contributed by atoms with van der Waals surface area (Å²) in [4.78, 5) is 16.9. The SMILES string of the molecule is O=C(COc1ccccc1)NCCc1nc2ccccc2n1Cc1ccccc1Cl. The van der Waals surface area contributed by atoms with Crippen molar-refractivity contribution < 1.29 is 9.53 Å². The van der Waals surface area contributed by atoms with Crippen LogP contribution in [0, 0.1) is 0 Å². The monoisotopic (exact) mass is 419 g/mol. The average Bonchev–Trinajstić information content (AvgIpc) is 3.12. The Labute approximate surface area is 180 Å². The van der Waals surface area contributed by atoms with Crippen LogP contribution in [0.3, 0.4) is 0 Å². The van der Waals surface area contributed by atoms with Gasteiger partial charge in [0.2, 0.25) is 0 Å². The number of para-hydroxylation sites is 3. The fourth-order valence-electron chi connectivity index (χ4n) is 3.32. The van der Waals surface area contributed by atoms with Crippen LogP contribution in [0.4, 0.5) is 0 Å². The second kappa shape index (κ2) is 9.46. The van der Waals surface area contributed by atoms with Gasteiger partial charge < -0.3 is 14.6 Å². The molecule has 30 heavy (non-hydrogen) atoms. The molecule has 4 aromatic rings. The van der Waals surface area contributed by atoms with E-state index in [2.05, 4.69) is 16.0 Å². The molecule has 152 valence electrons. The number of hydrogen-bond acceptors (Lipinski definition) is 3. The summed E-state index contributed by atoms with van der Waals surface area (Å²) in [5.41, 5.74) is 3.01. The number of nitrogens with one attached hydrogen (secondary N) is 1. The van der Waals surface area contributed by atoms with Crippen molar-refractivity contribution in [1.82, 2.24) is 14.9 Å². The number of halogens is 1. The Bertz CT molecular complexity index is 1140. The van der Waals surface area contributed by atoms with Crippen molar-refractivity contribution in [3.8, 4) is 5.75 Å². The lowest BCUT2D eigenvalue weighted by Crippen LogP contribution is -2.31. The number of imidazole rings is 1. The molecule has 0 saturated carbocycles. The number of nitrogens with zero attached hydrogens (tertiary/aromatic N) is 2. The van der Waals surface area contributed by atoms with E-state index >= 15 is 0 Å². The minimum absolute atomic E-state index is 0.0138. The highest BCUT2D eigenvalue weighted by Gasteiger charge is 2.12. The van der Waals surface area contributed by atoms with Gasteiger partial charge >= 0.3 is 0 Å². The van der Waals surface area contributed by atoms with Crippen molar-refractivity contribution in [2.75, 3.05) is 13.2 Å². The summed E-state index contributed by atoms with van der Waals surface area (Å²) >= 11 is 6.37. The van der Waals surface area contributed by atoms with E-state index in [0.717, 1.165) is 27.4 Å². The number of carbonyl (C=O) groups excluding carboxylic acids is 1. The maximum absolute atomic E-state index is 12.1. The van der Waals surface area contributed by atoms with Crippen molar-refractivity contribution >= 4 is 28.5 Å². The molecule has 0 fully saturated rings. The number of fused-ring (bicyclic) bond motifs is 1. The minimum atomic E-state index is -0.160. The van der Waals surface area contributed by atoms with E-state index < -0.39 is 0 Å². The molecule has 0 saturated heterocycles. The Morgan fingerprint density at radius 2 is 1.70 bits per heavy atom. The summed E-state index contributed by atoms with van der Waals surface area (Å²) in [7, 11) is 0. The molecule has 0 radical (unpaired) electrons. The summed E-state index contributed by atoms with van der Waals surface area (Å²) in [6, 6.07) is 25.1. The first kappa shape index (κ1) is 20.0. The molecule has 0 aliphatic rings. The van der Waals surface area contributed by atoms with Gasteiger partial charge in [-0.2, -0.15) is 0 Å². The number of amides is 1. The topological polar surface area (TPSA) is 56.1 Å². The van der Waals surface area contributed by atoms with Gasteiger partial charge in [-0.1, -0.05) is 60.1 Å². The zero-order valence-corrected chi connectivity index (χ0v) is 17.2. The molecule has 4 rings (SSSR count). The molecule has 0 aliphatic heterocycles. The highest BCUT2D eigenvalue weighted by Crippen LogP contribution is 2.22. The van der Waals surface area contributed by atoms with Gasteiger partial charge in [0.05, 0.1) is 17.6 Å². The van der Waals surface area contributed by atoms with Gasteiger partial charge in [-0.05, 0) is 35.9 Å². The zero-order chi connectivity index (χ0) is 20.8. The maximum Gasteiger partial charge on any atom is 0.257 e. The first-order valence-corrected chi connectivity index (χ1v) is 10.2. The predicted octanol–water partition coefficient (Wildman–Crippen LogP) is 4.48. The lowest BCUT2D eigenvalue weighted by molar-refractivity contribution is -0.123. The van der Waals surface area contributed by atoms with Crippen molar-refractivity contribution in [3.63, 3.8) is 0 Å². The molecule has 3 aromatic carbocycles. The maximum atomic E-state index is 12.1. The third kappa shape index (κ3) is 4.81. The molecule has 0 unspecified atom stereocenters. The minimum Gasteiger partial charge on any atom is -0.484 e. The first-order chi connectivity index (χ1) is 14.7. The van der Waals surface area contributed by atoms with E-state index in [9.17, 15) is 4.79 Å². The van der Waals surface area contributed by atoms with Gasteiger partial charge in [0, 0.05) is 18.0 Å². The van der Waals surface area contributed by atoms with Crippen LogP contribution in [0.1, 0.15) is 11.4 Å². The Balaban J connectivity index is 1.42. The van der Waals surface area contributed by atoms with Crippen LogP contribution in [0.5, 0.6) is 5.75 Å². The molecule has 0 atom stereocenters. The van der Waals surface area contributed by atoms with Gasteiger partial charge in [-0.15, -0.1) is 0 Å². The van der Waals surface area contributed by atoms with Gasteiger partial charge in [-0.25, -0.2) is 4.98 Å². The van der Waals surface area contributed by atoms with Crippen LogP contribution in [-0.4, -0.2) is 28.6 Å². The standard InChI is InChI=1S/C24H22ClN3O2/c25-20-11-5-4-8-18(20)16-28-22-13-7-6-12-21(22)27-23(28)14-15-26-24(29)17-30-19-9-2-1-3-10-19/h1-13H,14-17H2,(H,26,29). The quantitative estimate of drug-likeness (QED) is 0.458. The lowest BCUT2D eigenvalue weighted by atomic mass is 10.2. The second-order valence-corrected chi connectivity index (χ2v) is 7.30. The highest BCUT2D eigenvalue weighted by molar-refractivity contribution is 6.31. The van der Waals surface area contributed by atoms with Crippen LogP contribution in [0.25, 0.3) is 11.0 Å². The number of ether oxygens (including phenoxy) is 1. The zero-order valence-electron chi connectivity index (χ0n) is 16.4. The molecular formula is C24H22ClN3O2. The Hall–Kier alpha value is -3.31. The van der Waals surface area contributed by atoms with Gasteiger partial charge in [0.1, 0.15) is 11.6 Å². The highest BCUT2D eigenvalue weighted by atomic mass is 35.5. The summed E-state index contributed by atoms with van der Waals surface area (Å²) in [5.74, 6) is 1.42. The van der Waals surface area contributed by atoms with Crippen LogP contribution in [0.15, 0.2) is 78.9 Å². The Morgan fingerprint density at radius 3 is 2.53 bits per heavy atom. The van der Waals surface area contributed by atoms with Crippen molar-refractivity contribution in [3.05, 3.63) is 95.3 Å². The molecular weight excluding hydrogens is 398 g/mol. The number of rotatable bonds is 8. The van der Waals surface area contributed by atoms with E-state index in [1.165, 1.54) is 0 Å². The Morgan fingerprint density at radius 1 is 0.967 bits per heavy atom. The second-order valence-electron chi connectivity index (χ2n) is 6.90. The van der Waals surface area contributed by atoms with Crippen LogP contribution < -0.4 is 10.1 Å². The van der Waals surface area contributed by atoms with E-state index in [-0.39, 0.29) is 12.5 Å². The third-order valence-corrected chi connectivity index (χ3v) is 5.17. The lowest BCUT2D eigenvalue weighted by Gasteiger charge is -2.11. The Kier molecular flexibility index (Phi) is 6.30. The van der Waals surface area contributed by atoms with Crippen molar-refractivity contribution in [2.24, 2.45) is 0 Å². The summed E-state index contributed by atoms with van der Waals surface area (Å²) in [6.45, 7) is 1.09. The predicted molar refractivity (Wildman–Crippen MR) is 119 cm³/mol. The molecule has 5 nitrogen and oxygen atoms in total. The first-order valence-electron chi connectivity index (χ1n) is 9.83. The molecule has 0 bridgehead atoms. The number of aromatic nitrogens is 2. The largest absolute Gasteiger partial charge is 0.484 e. The normalized spacial score (nSPS) is 10.8. The van der Waals surface area contributed by atoms with Gasteiger partial charge in [-0.3, -0.25) is 4.79 Å². The molecule has 1 heterocycles. The van der Waals surface area contributed by atoms with Crippen molar-refractivity contribution in [2.45, 2.75) is 13.0 Å². The summed E-state index contributed by atoms with van der Waals surface area (Å²) in [5, 5.41) is 3.63. The summed E-state index contributed by atoms with van der Waals surface area (Å²) < 4.78 is 7.64. The molecule has 1 N–H and O–H groups in total. The number of benzene rings is 3. The van der Waals surface area contributed by atoms with Gasteiger partial charge in [0.15, 0.2) is 6.61 Å². The molecule has 0 spiro atoms.